The Morgan fingerprint density at radius 3 is 2.31 bits per heavy atom. The van der Waals surface area contributed by atoms with Crippen molar-refractivity contribution in [2.24, 2.45) is 0 Å². The van der Waals surface area contributed by atoms with Crippen LogP contribution in [0.2, 0.25) is 0 Å². The van der Waals surface area contributed by atoms with Gasteiger partial charge in [-0.05, 0) is 27.6 Å². The smallest absolute Gasteiger partial charge is 0.323 e. The van der Waals surface area contributed by atoms with E-state index in [4.69, 9.17) is 9.84 Å². The van der Waals surface area contributed by atoms with E-state index in [1.54, 1.807) is 0 Å². The minimum absolute atomic E-state index is 0.191. The molecule has 0 aliphatic rings. The predicted octanol–water partition coefficient (Wildman–Crippen LogP) is 0.358. The zero-order valence-corrected chi connectivity index (χ0v) is 10.9. The van der Waals surface area contributed by atoms with Crippen LogP contribution < -0.4 is 0 Å². The third kappa shape index (κ3) is 4.92. The topological polar surface area (TPSA) is 53.0 Å². The van der Waals surface area contributed by atoms with E-state index in [0.29, 0.717) is 6.54 Å². The first-order valence-electron chi connectivity index (χ1n) is 5.56. The second-order valence-electron chi connectivity index (χ2n) is 4.25. The maximum absolute atomic E-state index is 11.1. The SMILES string of the molecule is CCN(C(C)CN(C)C)C(COC)C(=O)O. The molecule has 0 aliphatic carbocycles. The number of likely N-dealkylation sites (N-methyl/N-ethyl adjacent to an activating group) is 2. The van der Waals surface area contributed by atoms with Gasteiger partial charge in [-0.1, -0.05) is 6.92 Å². The summed E-state index contributed by atoms with van der Waals surface area (Å²) in [5, 5.41) is 9.15. The van der Waals surface area contributed by atoms with E-state index in [9.17, 15) is 4.79 Å². The van der Waals surface area contributed by atoms with Crippen LogP contribution in [-0.4, -0.2) is 73.9 Å². The van der Waals surface area contributed by atoms with Crippen LogP contribution in [0.3, 0.4) is 0 Å². The number of ether oxygens (including phenoxy) is 1. The Bertz CT molecular complexity index is 209. The van der Waals surface area contributed by atoms with Gasteiger partial charge in [0.2, 0.25) is 0 Å². The number of methoxy groups -OCH3 is 1. The van der Waals surface area contributed by atoms with Crippen molar-refractivity contribution in [3.63, 3.8) is 0 Å². The van der Waals surface area contributed by atoms with Crippen LogP contribution in [-0.2, 0) is 9.53 Å². The van der Waals surface area contributed by atoms with E-state index in [2.05, 4.69) is 4.90 Å². The molecule has 1 N–H and O–H groups in total. The standard InChI is InChI=1S/C11H24N2O3/c1-6-13(9(2)7-12(3)4)10(8-16-5)11(14)15/h9-10H,6-8H2,1-5H3,(H,14,15). The number of nitrogens with zero attached hydrogens (tertiary/aromatic N) is 2. The minimum atomic E-state index is -0.825. The fraction of sp³-hybridized carbons (Fsp3) is 0.909. The molecule has 0 spiro atoms. The van der Waals surface area contributed by atoms with Crippen molar-refractivity contribution in [3.05, 3.63) is 0 Å². The van der Waals surface area contributed by atoms with Crippen molar-refractivity contribution in [3.8, 4) is 0 Å². The first kappa shape index (κ1) is 15.3. The van der Waals surface area contributed by atoms with E-state index >= 15 is 0 Å². The number of carboxylic acids is 1. The van der Waals surface area contributed by atoms with Gasteiger partial charge in [-0.3, -0.25) is 9.69 Å². The molecule has 0 saturated carbocycles. The van der Waals surface area contributed by atoms with Gasteiger partial charge >= 0.3 is 5.97 Å². The Morgan fingerprint density at radius 2 is 2.00 bits per heavy atom. The molecule has 0 radical (unpaired) electrons. The van der Waals surface area contributed by atoms with Gasteiger partial charge in [0.15, 0.2) is 0 Å². The number of aliphatic carboxylic acids is 1. The van der Waals surface area contributed by atoms with E-state index < -0.39 is 12.0 Å². The monoisotopic (exact) mass is 232 g/mol. The molecule has 2 unspecified atom stereocenters. The van der Waals surface area contributed by atoms with Gasteiger partial charge in [-0.2, -0.15) is 0 Å². The van der Waals surface area contributed by atoms with Gasteiger partial charge in [-0.25, -0.2) is 0 Å². The van der Waals surface area contributed by atoms with Crippen molar-refractivity contribution in [1.82, 2.24) is 9.80 Å². The van der Waals surface area contributed by atoms with Gasteiger partial charge in [0.25, 0.3) is 0 Å². The summed E-state index contributed by atoms with van der Waals surface area (Å²) in [6.45, 7) is 5.77. The van der Waals surface area contributed by atoms with Crippen LogP contribution in [0.1, 0.15) is 13.8 Å². The highest BCUT2D eigenvalue weighted by atomic mass is 16.5. The molecule has 0 amide bonds. The summed E-state index contributed by atoms with van der Waals surface area (Å²) in [6.07, 6.45) is 0. The first-order valence-corrected chi connectivity index (χ1v) is 5.56. The Morgan fingerprint density at radius 1 is 1.44 bits per heavy atom. The molecule has 0 heterocycles. The van der Waals surface area contributed by atoms with Crippen LogP contribution >= 0.6 is 0 Å². The summed E-state index contributed by atoms with van der Waals surface area (Å²) in [5.74, 6) is -0.825. The van der Waals surface area contributed by atoms with Crippen molar-refractivity contribution in [2.75, 3.05) is 40.9 Å². The highest BCUT2D eigenvalue weighted by Gasteiger charge is 2.28. The number of hydrogen-bond acceptors (Lipinski definition) is 4. The second-order valence-corrected chi connectivity index (χ2v) is 4.25. The summed E-state index contributed by atoms with van der Waals surface area (Å²) >= 11 is 0. The lowest BCUT2D eigenvalue weighted by atomic mass is 10.2. The number of carboxylic acid groups (broad SMARTS) is 1. The molecular formula is C11H24N2O3. The van der Waals surface area contributed by atoms with E-state index in [1.165, 1.54) is 7.11 Å². The average molecular weight is 232 g/mol. The summed E-state index contributed by atoms with van der Waals surface area (Å²) < 4.78 is 4.97. The minimum Gasteiger partial charge on any atom is -0.480 e. The molecule has 96 valence electrons. The molecule has 0 aromatic carbocycles. The Labute approximate surface area is 98.0 Å². The molecule has 16 heavy (non-hydrogen) atoms. The third-order valence-electron chi connectivity index (χ3n) is 2.57. The molecular weight excluding hydrogens is 208 g/mol. The van der Waals surface area contributed by atoms with Crippen LogP contribution in [0.5, 0.6) is 0 Å². The summed E-state index contributed by atoms with van der Waals surface area (Å²) in [7, 11) is 5.49. The van der Waals surface area contributed by atoms with Crippen LogP contribution in [0.4, 0.5) is 0 Å². The molecule has 5 heteroatoms. The van der Waals surface area contributed by atoms with Crippen molar-refractivity contribution in [2.45, 2.75) is 25.9 Å². The molecule has 0 rings (SSSR count). The maximum Gasteiger partial charge on any atom is 0.323 e. The van der Waals surface area contributed by atoms with Crippen molar-refractivity contribution in [1.29, 1.82) is 0 Å². The molecule has 0 aromatic rings. The van der Waals surface area contributed by atoms with Gasteiger partial charge in [-0.15, -0.1) is 0 Å². The zero-order valence-electron chi connectivity index (χ0n) is 10.9. The Hall–Kier alpha value is -0.650. The first-order chi connectivity index (χ1) is 7.43. The highest BCUT2D eigenvalue weighted by Crippen LogP contribution is 2.07. The second kappa shape index (κ2) is 7.60. The van der Waals surface area contributed by atoms with Gasteiger partial charge < -0.3 is 14.7 Å². The molecule has 0 saturated heterocycles. The maximum atomic E-state index is 11.1. The fourth-order valence-corrected chi connectivity index (χ4v) is 1.94. The lowest BCUT2D eigenvalue weighted by Crippen LogP contribution is -2.51. The Balaban J connectivity index is 4.58. The molecule has 0 aliphatic heterocycles. The van der Waals surface area contributed by atoms with E-state index in [1.807, 2.05) is 32.8 Å². The number of hydrogen-bond donors (Lipinski definition) is 1. The lowest BCUT2D eigenvalue weighted by Gasteiger charge is -2.34. The number of carbonyl (C=O) groups is 1. The quantitative estimate of drug-likeness (QED) is 0.655. The van der Waals surface area contributed by atoms with E-state index in [-0.39, 0.29) is 12.6 Å². The normalized spacial score (nSPS) is 15.4. The zero-order chi connectivity index (χ0) is 12.7. The van der Waals surface area contributed by atoms with E-state index in [0.717, 1.165) is 6.54 Å². The molecule has 0 bridgehead atoms. The van der Waals surface area contributed by atoms with Crippen LogP contribution in [0.15, 0.2) is 0 Å². The van der Waals surface area contributed by atoms with Crippen LogP contribution in [0, 0.1) is 0 Å². The predicted molar refractivity (Wildman–Crippen MR) is 63.7 cm³/mol. The van der Waals surface area contributed by atoms with Crippen LogP contribution in [0.25, 0.3) is 0 Å². The van der Waals surface area contributed by atoms with Gasteiger partial charge in [0, 0.05) is 19.7 Å². The fourth-order valence-electron chi connectivity index (χ4n) is 1.94. The largest absolute Gasteiger partial charge is 0.480 e. The van der Waals surface area contributed by atoms with Crippen molar-refractivity contribution >= 4 is 5.97 Å². The van der Waals surface area contributed by atoms with Gasteiger partial charge in [0.05, 0.1) is 6.61 Å². The summed E-state index contributed by atoms with van der Waals surface area (Å²) in [4.78, 5) is 15.1. The third-order valence-corrected chi connectivity index (χ3v) is 2.57. The van der Waals surface area contributed by atoms with Gasteiger partial charge in [0.1, 0.15) is 6.04 Å². The summed E-state index contributed by atoms with van der Waals surface area (Å²) in [6, 6.07) is -0.374. The van der Waals surface area contributed by atoms with Crippen molar-refractivity contribution < 1.29 is 14.6 Å². The molecule has 0 aromatic heterocycles. The number of rotatable bonds is 8. The Kier molecular flexibility index (Phi) is 7.29. The molecule has 0 fully saturated rings. The molecule has 5 nitrogen and oxygen atoms in total. The highest BCUT2D eigenvalue weighted by molar-refractivity contribution is 5.73. The molecule has 2 atom stereocenters. The summed E-state index contributed by atoms with van der Waals surface area (Å²) in [5.41, 5.74) is 0. The average Bonchev–Trinajstić information content (AvgIpc) is 2.16. The lowest BCUT2D eigenvalue weighted by molar-refractivity contribution is -0.146.